The van der Waals surface area contributed by atoms with Gasteiger partial charge in [-0.2, -0.15) is 0 Å². The van der Waals surface area contributed by atoms with Crippen molar-refractivity contribution < 1.29 is 18.3 Å². The van der Waals surface area contributed by atoms with Gasteiger partial charge in [0, 0.05) is 6.42 Å². The van der Waals surface area contributed by atoms with Gasteiger partial charge < -0.3 is 5.11 Å². The van der Waals surface area contributed by atoms with Crippen LogP contribution in [-0.2, 0) is 0 Å². The summed E-state index contributed by atoms with van der Waals surface area (Å²) in [6.45, 7) is 2.22. The summed E-state index contributed by atoms with van der Waals surface area (Å²) in [5.74, 6) is -2.62. The van der Waals surface area contributed by atoms with Gasteiger partial charge in [-0.05, 0) is 67.2 Å². The third kappa shape index (κ3) is 4.16. The van der Waals surface area contributed by atoms with Crippen LogP contribution in [0.3, 0.4) is 0 Å². The number of rotatable bonds is 5. The molecule has 2 unspecified atom stereocenters. The molecule has 0 spiro atoms. The van der Waals surface area contributed by atoms with Crippen molar-refractivity contribution in [3.05, 3.63) is 52.6 Å². The maximum atomic E-state index is 13.5. The molecule has 26 heavy (non-hydrogen) atoms. The van der Waals surface area contributed by atoms with Crippen LogP contribution in [0.4, 0.5) is 13.2 Å². The van der Waals surface area contributed by atoms with E-state index >= 15 is 0 Å². The van der Waals surface area contributed by atoms with Crippen LogP contribution in [0.1, 0.15) is 70.3 Å². The van der Waals surface area contributed by atoms with Crippen LogP contribution in [-0.4, -0.2) is 5.11 Å². The Labute approximate surface area is 153 Å². The number of halogens is 3. The van der Waals surface area contributed by atoms with Gasteiger partial charge in [-0.1, -0.05) is 37.8 Å². The predicted octanol–water partition coefficient (Wildman–Crippen LogP) is 7.09. The van der Waals surface area contributed by atoms with Crippen LogP contribution in [0.5, 0.6) is 0 Å². The molecule has 0 radical (unpaired) electrons. The van der Waals surface area contributed by atoms with Gasteiger partial charge in [0.15, 0.2) is 17.5 Å². The number of benzene rings is 1. The first-order valence-corrected chi connectivity index (χ1v) is 9.74. The Morgan fingerprint density at radius 3 is 2.38 bits per heavy atom. The molecular formula is C22H27F3O. The van der Waals surface area contributed by atoms with Crippen molar-refractivity contribution in [2.45, 2.75) is 64.7 Å². The molecule has 0 aliphatic heterocycles. The second-order valence-corrected chi connectivity index (χ2v) is 7.68. The van der Waals surface area contributed by atoms with Gasteiger partial charge in [-0.25, -0.2) is 13.2 Å². The quantitative estimate of drug-likeness (QED) is 0.437. The summed E-state index contributed by atoms with van der Waals surface area (Å²) in [5.41, 5.74) is 2.20. The third-order valence-electron chi connectivity index (χ3n) is 5.91. The van der Waals surface area contributed by atoms with Gasteiger partial charge in [0.1, 0.15) is 0 Å². The van der Waals surface area contributed by atoms with E-state index in [1.54, 1.807) is 0 Å². The lowest BCUT2D eigenvalue weighted by Crippen LogP contribution is -2.16. The van der Waals surface area contributed by atoms with Crippen LogP contribution < -0.4 is 0 Å². The fraction of sp³-hybridized carbons (Fsp3) is 0.545. The summed E-state index contributed by atoms with van der Waals surface area (Å²) in [4.78, 5) is 0. The molecule has 0 heterocycles. The second kappa shape index (κ2) is 8.32. The summed E-state index contributed by atoms with van der Waals surface area (Å²) < 4.78 is 40.1. The number of aliphatic hydroxyl groups excluding tert-OH is 1. The Hall–Kier alpha value is -1.71. The highest BCUT2D eigenvalue weighted by molar-refractivity contribution is 5.68. The summed E-state index contributed by atoms with van der Waals surface area (Å²) in [6.07, 6.45) is 11.5. The molecule has 1 aromatic carbocycles. The SMILES string of the molecule is CCCCC1CC=C(C2CCC(c3cc(F)c(F)c(F)c3)=C(O)C2)CC1. The van der Waals surface area contributed by atoms with Crippen LogP contribution in [0.15, 0.2) is 29.5 Å². The Balaban J connectivity index is 1.69. The van der Waals surface area contributed by atoms with Crippen LogP contribution in [0.25, 0.3) is 5.57 Å². The lowest BCUT2D eigenvalue weighted by Gasteiger charge is -2.30. The van der Waals surface area contributed by atoms with Crippen molar-refractivity contribution in [3.8, 4) is 0 Å². The van der Waals surface area contributed by atoms with Gasteiger partial charge in [-0.15, -0.1) is 0 Å². The highest BCUT2D eigenvalue weighted by atomic mass is 19.2. The summed E-state index contributed by atoms with van der Waals surface area (Å²) >= 11 is 0. The maximum absolute atomic E-state index is 13.5. The van der Waals surface area contributed by atoms with E-state index in [0.717, 1.165) is 37.3 Å². The van der Waals surface area contributed by atoms with E-state index in [-0.39, 0.29) is 11.3 Å². The summed E-state index contributed by atoms with van der Waals surface area (Å²) in [5, 5.41) is 10.5. The largest absolute Gasteiger partial charge is 0.512 e. The fourth-order valence-electron chi connectivity index (χ4n) is 4.31. The molecule has 0 amide bonds. The second-order valence-electron chi connectivity index (χ2n) is 7.68. The number of unbranched alkanes of at least 4 members (excludes halogenated alkanes) is 1. The minimum atomic E-state index is -1.47. The van der Waals surface area contributed by atoms with Crippen LogP contribution in [0.2, 0.25) is 0 Å². The molecule has 2 aliphatic carbocycles. The molecule has 1 N–H and O–H groups in total. The van der Waals surface area contributed by atoms with E-state index in [2.05, 4.69) is 13.0 Å². The van der Waals surface area contributed by atoms with Crippen molar-refractivity contribution in [1.29, 1.82) is 0 Å². The highest BCUT2D eigenvalue weighted by Gasteiger charge is 2.27. The number of aliphatic hydroxyl groups is 1. The van der Waals surface area contributed by atoms with E-state index < -0.39 is 17.5 Å². The molecule has 0 saturated heterocycles. The highest BCUT2D eigenvalue weighted by Crippen LogP contribution is 2.41. The Morgan fingerprint density at radius 2 is 1.81 bits per heavy atom. The van der Waals surface area contributed by atoms with E-state index in [4.69, 9.17) is 0 Å². The minimum Gasteiger partial charge on any atom is -0.512 e. The van der Waals surface area contributed by atoms with Crippen molar-refractivity contribution in [2.75, 3.05) is 0 Å². The van der Waals surface area contributed by atoms with Crippen molar-refractivity contribution >= 4 is 5.57 Å². The summed E-state index contributed by atoms with van der Waals surface area (Å²) in [7, 11) is 0. The summed E-state index contributed by atoms with van der Waals surface area (Å²) in [6, 6.07) is 1.95. The molecule has 0 fully saturated rings. The number of hydrogen-bond donors (Lipinski definition) is 1. The predicted molar refractivity (Wildman–Crippen MR) is 98.2 cm³/mol. The first-order valence-electron chi connectivity index (χ1n) is 9.74. The molecule has 1 nitrogen and oxygen atoms in total. The first kappa shape index (κ1) is 19.1. The van der Waals surface area contributed by atoms with E-state index in [1.165, 1.54) is 31.3 Å². The molecule has 4 heteroatoms. The van der Waals surface area contributed by atoms with Crippen molar-refractivity contribution in [3.63, 3.8) is 0 Å². The Kier molecular flexibility index (Phi) is 6.10. The standard InChI is InChI=1S/C22H27F3O/c1-2-3-4-14-5-7-15(8-6-14)16-9-10-18(21(26)13-16)17-11-19(23)22(25)20(24)12-17/h7,11-12,14,16,26H,2-6,8-10,13H2,1H3. The number of allylic oxidation sites excluding steroid dienone is 4. The monoisotopic (exact) mass is 364 g/mol. The van der Waals surface area contributed by atoms with Crippen LogP contribution in [0, 0.1) is 29.3 Å². The zero-order chi connectivity index (χ0) is 18.7. The molecule has 1 aromatic rings. The Bertz CT molecular complexity index is 697. The smallest absolute Gasteiger partial charge is 0.194 e. The minimum absolute atomic E-state index is 0.181. The van der Waals surface area contributed by atoms with Crippen molar-refractivity contribution in [2.24, 2.45) is 11.8 Å². The fourth-order valence-corrected chi connectivity index (χ4v) is 4.31. The molecule has 0 saturated carbocycles. The molecule has 2 aliphatic rings. The van der Waals surface area contributed by atoms with Gasteiger partial charge in [0.2, 0.25) is 0 Å². The zero-order valence-electron chi connectivity index (χ0n) is 15.3. The Morgan fingerprint density at radius 1 is 1.08 bits per heavy atom. The molecule has 0 aromatic heterocycles. The molecule has 3 rings (SSSR count). The van der Waals surface area contributed by atoms with Gasteiger partial charge >= 0.3 is 0 Å². The maximum Gasteiger partial charge on any atom is 0.194 e. The number of hydrogen-bond acceptors (Lipinski definition) is 1. The van der Waals surface area contributed by atoms with E-state index in [0.29, 0.717) is 24.3 Å². The molecular weight excluding hydrogens is 337 g/mol. The first-order chi connectivity index (χ1) is 12.5. The lowest BCUT2D eigenvalue weighted by molar-refractivity contribution is 0.332. The van der Waals surface area contributed by atoms with Gasteiger partial charge in [-0.3, -0.25) is 0 Å². The topological polar surface area (TPSA) is 20.2 Å². The lowest BCUT2D eigenvalue weighted by atomic mass is 9.75. The molecule has 0 bridgehead atoms. The normalized spacial score (nSPS) is 23.9. The molecule has 142 valence electrons. The van der Waals surface area contributed by atoms with Gasteiger partial charge in [0.05, 0.1) is 5.76 Å². The average Bonchev–Trinajstić information content (AvgIpc) is 2.64. The van der Waals surface area contributed by atoms with Gasteiger partial charge in [0.25, 0.3) is 0 Å². The molecule has 2 atom stereocenters. The van der Waals surface area contributed by atoms with Crippen molar-refractivity contribution in [1.82, 2.24) is 0 Å². The zero-order valence-corrected chi connectivity index (χ0v) is 15.3. The van der Waals surface area contributed by atoms with E-state index in [9.17, 15) is 18.3 Å². The average molecular weight is 364 g/mol. The third-order valence-corrected chi connectivity index (χ3v) is 5.91. The van der Waals surface area contributed by atoms with E-state index in [1.807, 2.05) is 0 Å². The van der Waals surface area contributed by atoms with Crippen LogP contribution >= 0.6 is 0 Å².